The number of aliphatic imine (C=N–C) groups is 1. The van der Waals surface area contributed by atoms with E-state index in [0.29, 0.717) is 6.42 Å². The molecule has 0 saturated carbocycles. The second-order valence-corrected chi connectivity index (χ2v) is 8.31. The largest absolute Gasteiger partial charge is 0.404 e. The van der Waals surface area contributed by atoms with Crippen LogP contribution in [0, 0.1) is 0 Å². The first-order valence-corrected chi connectivity index (χ1v) is 10.7. The minimum Gasteiger partial charge on any atom is -0.404 e. The number of pyridine rings is 1. The number of allylic oxidation sites excluding steroid dienone is 2. The molecule has 1 aliphatic rings. The fourth-order valence-corrected chi connectivity index (χ4v) is 4.48. The maximum atomic E-state index is 6.07. The lowest BCUT2D eigenvalue weighted by Gasteiger charge is -2.09. The molecule has 0 bridgehead atoms. The maximum absolute atomic E-state index is 6.07. The van der Waals surface area contributed by atoms with Gasteiger partial charge in [0.05, 0.1) is 5.52 Å². The van der Waals surface area contributed by atoms with E-state index in [1.165, 1.54) is 0 Å². The highest BCUT2D eigenvalue weighted by molar-refractivity contribution is 8.03. The zero-order valence-electron chi connectivity index (χ0n) is 17.1. The van der Waals surface area contributed by atoms with Crippen molar-refractivity contribution in [2.24, 2.45) is 16.5 Å². The average molecular weight is 420 g/mol. The predicted octanol–water partition coefficient (Wildman–Crippen LogP) is 3.14. The molecule has 0 saturated heterocycles. The highest BCUT2D eigenvalue weighted by Gasteiger charge is 2.19. The molecule has 8 heteroatoms. The van der Waals surface area contributed by atoms with E-state index >= 15 is 0 Å². The molecule has 3 aromatic rings. The number of aromatic nitrogens is 4. The van der Waals surface area contributed by atoms with Crippen molar-refractivity contribution in [3.8, 4) is 0 Å². The number of nitrogens with zero attached hydrogens (tertiary/aromatic N) is 5. The Morgan fingerprint density at radius 1 is 1.33 bits per heavy atom. The third kappa shape index (κ3) is 4.15. The van der Waals surface area contributed by atoms with Gasteiger partial charge in [-0.2, -0.15) is 0 Å². The zero-order chi connectivity index (χ0) is 21.1. The summed E-state index contributed by atoms with van der Waals surface area (Å²) in [5.41, 5.74) is 15.7. The van der Waals surface area contributed by atoms with E-state index in [4.69, 9.17) is 11.5 Å². The fraction of sp³-hybridized carbons (Fsp3) is 0.273. The maximum Gasteiger partial charge on any atom is 0.195 e. The van der Waals surface area contributed by atoms with Gasteiger partial charge in [0.1, 0.15) is 5.82 Å². The van der Waals surface area contributed by atoms with Gasteiger partial charge in [-0.05, 0) is 37.1 Å². The van der Waals surface area contributed by atoms with E-state index in [-0.39, 0.29) is 6.04 Å². The van der Waals surface area contributed by atoms with Gasteiger partial charge in [-0.15, -0.1) is 10.2 Å². The number of hydrogen-bond acceptors (Lipinski definition) is 7. The number of nitrogens with two attached hydrogens (primary N) is 2. The molecule has 0 radical (unpaired) electrons. The third-order valence-electron chi connectivity index (χ3n) is 5.04. The molecule has 7 nitrogen and oxygen atoms in total. The Kier molecular flexibility index (Phi) is 5.96. The van der Waals surface area contributed by atoms with Gasteiger partial charge in [0.25, 0.3) is 0 Å². The van der Waals surface area contributed by atoms with Gasteiger partial charge in [-0.25, -0.2) is 0 Å². The lowest BCUT2D eigenvalue weighted by molar-refractivity contribution is 0.621. The minimum atomic E-state index is 0.00842. The van der Waals surface area contributed by atoms with Crippen LogP contribution in [0.3, 0.4) is 0 Å². The zero-order valence-corrected chi connectivity index (χ0v) is 17.9. The Morgan fingerprint density at radius 3 is 2.97 bits per heavy atom. The van der Waals surface area contributed by atoms with E-state index in [2.05, 4.69) is 49.0 Å². The first-order chi connectivity index (χ1) is 14.6. The van der Waals surface area contributed by atoms with Crippen molar-refractivity contribution in [1.82, 2.24) is 19.7 Å². The smallest absolute Gasteiger partial charge is 0.195 e. The summed E-state index contributed by atoms with van der Waals surface area (Å²) in [6.45, 7) is 2.86. The minimum absolute atomic E-state index is 0.00842. The molecule has 0 amide bonds. The van der Waals surface area contributed by atoms with Crippen molar-refractivity contribution >= 4 is 34.5 Å². The highest BCUT2D eigenvalue weighted by Crippen LogP contribution is 2.31. The fourth-order valence-electron chi connectivity index (χ4n) is 3.50. The molecule has 1 unspecified atom stereocenters. The van der Waals surface area contributed by atoms with Crippen LogP contribution in [0.25, 0.3) is 16.5 Å². The molecule has 154 valence electrons. The van der Waals surface area contributed by atoms with Gasteiger partial charge in [0.15, 0.2) is 5.16 Å². The normalized spacial score (nSPS) is 15.8. The van der Waals surface area contributed by atoms with Crippen LogP contribution < -0.4 is 11.5 Å². The Bertz CT molecular complexity index is 1160. The number of hydrogen-bond donors (Lipinski definition) is 2. The summed E-state index contributed by atoms with van der Waals surface area (Å²) < 4.78 is 2.20. The topological polar surface area (TPSA) is 108 Å². The molecule has 1 aromatic carbocycles. The molecule has 3 heterocycles. The van der Waals surface area contributed by atoms with E-state index in [9.17, 15) is 0 Å². The predicted molar refractivity (Wildman–Crippen MR) is 123 cm³/mol. The van der Waals surface area contributed by atoms with Crippen LogP contribution in [-0.4, -0.2) is 39.1 Å². The first kappa shape index (κ1) is 20.3. The van der Waals surface area contributed by atoms with Gasteiger partial charge in [0, 0.05) is 66.1 Å². The lowest BCUT2D eigenvalue weighted by Crippen LogP contribution is -2.15. The molecular weight excluding hydrogens is 394 g/mol. The molecule has 0 aliphatic carbocycles. The van der Waals surface area contributed by atoms with Crippen molar-refractivity contribution < 1.29 is 0 Å². The Hall–Kier alpha value is -2.97. The summed E-state index contributed by atoms with van der Waals surface area (Å²) in [5, 5.41) is 10.8. The third-order valence-corrected chi connectivity index (χ3v) is 6.30. The molecule has 0 spiro atoms. The summed E-state index contributed by atoms with van der Waals surface area (Å²) in [6, 6.07) is 8.39. The quantitative estimate of drug-likeness (QED) is 0.615. The van der Waals surface area contributed by atoms with Crippen molar-refractivity contribution in [2.75, 3.05) is 7.05 Å². The van der Waals surface area contributed by atoms with Gasteiger partial charge >= 0.3 is 0 Å². The van der Waals surface area contributed by atoms with E-state index in [0.717, 1.165) is 56.5 Å². The van der Waals surface area contributed by atoms with Crippen molar-refractivity contribution in [2.45, 2.75) is 37.5 Å². The van der Waals surface area contributed by atoms with E-state index in [1.54, 1.807) is 31.2 Å². The summed E-state index contributed by atoms with van der Waals surface area (Å²) in [5.74, 6) is 0.959. The van der Waals surface area contributed by atoms with E-state index in [1.807, 2.05) is 19.2 Å². The lowest BCUT2D eigenvalue weighted by atomic mass is 10.0. The van der Waals surface area contributed by atoms with Crippen molar-refractivity contribution in [3.05, 3.63) is 64.6 Å². The van der Waals surface area contributed by atoms with Crippen LogP contribution in [0.5, 0.6) is 0 Å². The summed E-state index contributed by atoms with van der Waals surface area (Å²) >= 11 is 1.62. The van der Waals surface area contributed by atoms with Gasteiger partial charge in [0.2, 0.25) is 0 Å². The molecular formula is C22H25N7S. The van der Waals surface area contributed by atoms with Crippen LogP contribution in [-0.2, 0) is 13.0 Å². The molecule has 4 rings (SSSR count). The SMILES string of the molecule is CN=CC(=CN)c1cnc2ccc(Cc3nnc4n3CCC=C(C(C)N)S4)cc2c1. The van der Waals surface area contributed by atoms with E-state index < -0.39 is 0 Å². The van der Waals surface area contributed by atoms with Crippen LogP contribution in [0.4, 0.5) is 0 Å². The number of rotatable bonds is 5. The van der Waals surface area contributed by atoms with Crippen molar-refractivity contribution in [3.63, 3.8) is 0 Å². The van der Waals surface area contributed by atoms with Crippen molar-refractivity contribution in [1.29, 1.82) is 0 Å². The van der Waals surface area contributed by atoms with Gasteiger partial charge in [-0.3, -0.25) is 9.98 Å². The van der Waals surface area contributed by atoms with Gasteiger partial charge in [-0.1, -0.05) is 23.9 Å². The Balaban J connectivity index is 1.62. The molecule has 2 aromatic heterocycles. The van der Waals surface area contributed by atoms with Crippen LogP contribution in [0.1, 0.15) is 30.3 Å². The standard InChI is InChI=1S/C22H25N7S/c1-14(24)20-4-3-7-29-21(27-28-22(29)30-20)9-15-5-6-19-16(8-15)10-17(13-26-19)18(11-23)12-25-2/h4-6,8,10-14H,3,7,9,23-24H2,1-2H3. The molecule has 4 N–H and O–H groups in total. The summed E-state index contributed by atoms with van der Waals surface area (Å²) in [4.78, 5) is 9.78. The second-order valence-electron chi connectivity index (χ2n) is 7.27. The Morgan fingerprint density at radius 2 is 2.20 bits per heavy atom. The molecule has 0 fully saturated rings. The van der Waals surface area contributed by atoms with Crippen LogP contribution in [0.2, 0.25) is 0 Å². The number of fused-ring (bicyclic) bond motifs is 2. The molecule has 30 heavy (non-hydrogen) atoms. The second kappa shape index (κ2) is 8.81. The average Bonchev–Trinajstić information content (AvgIpc) is 2.98. The monoisotopic (exact) mass is 419 g/mol. The Labute approximate surface area is 180 Å². The number of thioether (sulfide) groups is 1. The highest BCUT2D eigenvalue weighted by atomic mass is 32.2. The molecule has 1 aliphatic heterocycles. The summed E-state index contributed by atoms with van der Waals surface area (Å²) in [7, 11) is 1.72. The summed E-state index contributed by atoms with van der Waals surface area (Å²) in [6.07, 6.45) is 8.95. The van der Waals surface area contributed by atoms with Crippen LogP contribution in [0.15, 0.2) is 57.8 Å². The first-order valence-electron chi connectivity index (χ1n) is 9.87. The van der Waals surface area contributed by atoms with Gasteiger partial charge < -0.3 is 16.0 Å². The number of benzene rings is 1. The molecule has 1 atom stereocenters. The van der Waals surface area contributed by atoms with Crippen LogP contribution >= 0.6 is 11.8 Å².